The summed E-state index contributed by atoms with van der Waals surface area (Å²) in [6, 6.07) is 0. The van der Waals surface area contributed by atoms with Crippen molar-refractivity contribution in [2.45, 2.75) is 44.8 Å². The molecule has 0 spiro atoms. The van der Waals surface area contributed by atoms with Crippen LogP contribution < -0.4 is 0 Å². The predicted molar refractivity (Wildman–Crippen MR) is 69.2 cm³/mol. The molecule has 3 heteroatoms. The number of fused-ring (bicyclic) bond motifs is 1. The lowest BCUT2D eigenvalue weighted by Gasteiger charge is -2.32. The van der Waals surface area contributed by atoms with Gasteiger partial charge in [0.1, 0.15) is 0 Å². The monoisotopic (exact) mass is 239 g/mol. The van der Waals surface area contributed by atoms with E-state index in [1.807, 2.05) is 0 Å². The highest BCUT2D eigenvalue weighted by Gasteiger charge is 2.46. The van der Waals surface area contributed by atoms with E-state index < -0.39 is 0 Å². The number of methoxy groups -OCH3 is 1. The molecule has 0 aromatic carbocycles. The Kier molecular flexibility index (Phi) is 4.23. The molecule has 2 rings (SSSR count). The van der Waals surface area contributed by atoms with Crippen molar-refractivity contribution >= 4 is 0 Å². The molecule has 0 amide bonds. The summed E-state index contributed by atoms with van der Waals surface area (Å²) < 4.78 is 11.0. The van der Waals surface area contributed by atoms with Crippen LogP contribution in [0.3, 0.4) is 0 Å². The smallest absolute Gasteiger partial charge is 0.0657 e. The Morgan fingerprint density at radius 2 is 2.29 bits per heavy atom. The molecule has 0 aromatic heterocycles. The SMILES string of the molecule is COC/C=C1/CN2CCC[C@@]2(COC(C)C)C1. The van der Waals surface area contributed by atoms with Gasteiger partial charge in [-0.1, -0.05) is 11.6 Å². The van der Waals surface area contributed by atoms with Crippen molar-refractivity contribution in [2.75, 3.05) is 33.4 Å². The highest BCUT2D eigenvalue weighted by molar-refractivity contribution is 5.20. The van der Waals surface area contributed by atoms with E-state index in [0.717, 1.165) is 19.8 Å². The van der Waals surface area contributed by atoms with Gasteiger partial charge in [-0.2, -0.15) is 0 Å². The second-order valence-electron chi connectivity index (χ2n) is 5.60. The molecule has 2 saturated heterocycles. The van der Waals surface area contributed by atoms with Gasteiger partial charge in [0.25, 0.3) is 0 Å². The van der Waals surface area contributed by atoms with Crippen LogP contribution in [-0.2, 0) is 9.47 Å². The molecule has 1 atom stereocenters. The minimum Gasteiger partial charge on any atom is -0.381 e. The molecular formula is C14H25NO2. The first-order valence-electron chi connectivity index (χ1n) is 6.70. The summed E-state index contributed by atoms with van der Waals surface area (Å²) in [4.78, 5) is 2.61. The van der Waals surface area contributed by atoms with Crippen LogP contribution in [0.4, 0.5) is 0 Å². The Morgan fingerprint density at radius 1 is 1.47 bits per heavy atom. The summed E-state index contributed by atoms with van der Waals surface area (Å²) in [6.45, 7) is 8.20. The molecule has 98 valence electrons. The first-order valence-corrected chi connectivity index (χ1v) is 6.70. The Labute approximate surface area is 105 Å². The Bertz CT molecular complexity index is 288. The van der Waals surface area contributed by atoms with Crippen molar-refractivity contribution in [3.63, 3.8) is 0 Å². The zero-order valence-electron chi connectivity index (χ0n) is 11.4. The van der Waals surface area contributed by atoms with Crippen molar-refractivity contribution in [2.24, 2.45) is 0 Å². The third-order valence-corrected chi connectivity index (χ3v) is 3.92. The minimum absolute atomic E-state index is 0.295. The number of ether oxygens (including phenoxy) is 2. The number of rotatable bonds is 5. The van der Waals surface area contributed by atoms with Gasteiger partial charge in [-0.25, -0.2) is 0 Å². The largest absolute Gasteiger partial charge is 0.381 e. The lowest BCUT2D eigenvalue weighted by Crippen LogP contribution is -2.43. The van der Waals surface area contributed by atoms with E-state index in [0.29, 0.717) is 11.6 Å². The minimum atomic E-state index is 0.295. The van der Waals surface area contributed by atoms with Crippen molar-refractivity contribution in [1.29, 1.82) is 0 Å². The molecule has 0 N–H and O–H groups in total. The molecule has 0 radical (unpaired) electrons. The fraction of sp³-hybridized carbons (Fsp3) is 0.857. The van der Waals surface area contributed by atoms with Gasteiger partial charge in [0, 0.05) is 19.2 Å². The van der Waals surface area contributed by atoms with E-state index in [9.17, 15) is 0 Å². The van der Waals surface area contributed by atoms with Crippen LogP contribution in [0.1, 0.15) is 33.1 Å². The molecule has 0 saturated carbocycles. The fourth-order valence-corrected chi connectivity index (χ4v) is 3.04. The molecule has 0 bridgehead atoms. The van der Waals surface area contributed by atoms with E-state index in [1.54, 1.807) is 7.11 Å². The van der Waals surface area contributed by atoms with Gasteiger partial charge in [0.15, 0.2) is 0 Å². The first-order chi connectivity index (χ1) is 8.16. The van der Waals surface area contributed by atoms with Crippen LogP contribution in [0.2, 0.25) is 0 Å². The third kappa shape index (κ3) is 2.90. The second kappa shape index (κ2) is 5.51. The van der Waals surface area contributed by atoms with Crippen molar-refractivity contribution < 1.29 is 9.47 Å². The summed E-state index contributed by atoms with van der Waals surface area (Å²) in [5.74, 6) is 0. The molecule has 0 unspecified atom stereocenters. The van der Waals surface area contributed by atoms with E-state index in [-0.39, 0.29) is 0 Å². The fourth-order valence-electron chi connectivity index (χ4n) is 3.04. The van der Waals surface area contributed by atoms with Crippen LogP contribution in [0, 0.1) is 0 Å². The number of hydrogen-bond acceptors (Lipinski definition) is 3. The maximum absolute atomic E-state index is 5.88. The lowest BCUT2D eigenvalue weighted by atomic mass is 9.93. The highest BCUT2D eigenvalue weighted by Crippen LogP contribution is 2.41. The molecule has 3 nitrogen and oxygen atoms in total. The number of hydrogen-bond donors (Lipinski definition) is 0. The zero-order chi connectivity index (χ0) is 12.3. The summed E-state index contributed by atoms with van der Waals surface area (Å²) in [5.41, 5.74) is 1.82. The van der Waals surface area contributed by atoms with Gasteiger partial charge < -0.3 is 9.47 Å². The van der Waals surface area contributed by atoms with Gasteiger partial charge in [-0.05, 0) is 39.7 Å². The Hall–Kier alpha value is -0.380. The summed E-state index contributed by atoms with van der Waals surface area (Å²) >= 11 is 0. The van der Waals surface area contributed by atoms with Crippen LogP contribution in [0.5, 0.6) is 0 Å². The van der Waals surface area contributed by atoms with E-state index in [4.69, 9.17) is 9.47 Å². The second-order valence-corrected chi connectivity index (χ2v) is 5.60. The van der Waals surface area contributed by atoms with Crippen molar-refractivity contribution in [1.82, 2.24) is 4.90 Å². The first kappa shape index (κ1) is 13.1. The van der Waals surface area contributed by atoms with Gasteiger partial charge in [-0.15, -0.1) is 0 Å². The van der Waals surface area contributed by atoms with E-state index in [1.165, 1.54) is 31.4 Å². The molecule has 0 aliphatic carbocycles. The molecule has 2 fully saturated rings. The van der Waals surface area contributed by atoms with Crippen molar-refractivity contribution in [3.05, 3.63) is 11.6 Å². The molecule has 0 aromatic rings. The molecule has 2 heterocycles. The normalized spacial score (nSPS) is 31.6. The van der Waals surface area contributed by atoms with Crippen LogP contribution in [0.15, 0.2) is 11.6 Å². The average Bonchev–Trinajstić information content (AvgIpc) is 2.80. The average molecular weight is 239 g/mol. The molecule has 2 aliphatic rings. The highest BCUT2D eigenvalue weighted by atomic mass is 16.5. The van der Waals surface area contributed by atoms with Crippen molar-refractivity contribution in [3.8, 4) is 0 Å². The Morgan fingerprint density at radius 3 is 3.00 bits per heavy atom. The zero-order valence-corrected chi connectivity index (χ0v) is 11.4. The maximum atomic E-state index is 5.88. The summed E-state index contributed by atoms with van der Waals surface area (Å²) in [5, 5.41) is 0. The van der Waals surface area contributed by atoms with Crippen LogP contribution in [0.25, 0.3) is 0 Å². The summed E-state index contributed by atoms with van der Waals surface area (Å²) in [6.07, 6.45) is 6.35. The molecule has 17 heavy (non-hydrogen) atoms. The topological polar surface area (TPSA) is 21.7 Å². The standard InChI is InChI=1S/C14H25NO2/c1-12(2)17-11-14-6-4-7-15(14)10-13(9-14)5-8-16-3/h5,12H,4,6-11H2,1-3H3/b13-5+/t14-/m0/s1. The van der Waals surface area contributed by atoms with Gasteiger partial charge in [0.2, 0.25) is 0 Å². The van der Waals surface area contributed by atoms with Crippen LogP contribution in [-0.4, -0.2) is 50.0 Å². The maximum Gasteiger partial charge on any atom is 0.0657 e. The van der Waals surface area contributed by atoms with E-state index >= 15 is 0 Å². The third-order valence-electron chi connectivity index (χ3n) is 3.92. The van der Waals surface area contributed by atoms with Gasteiger partial charge in [-0.3, -0.25) is 4.90 Å². The lowest BCUT2D eigenvalue weighted by molar-refractivity contribution is 0.00328. The molecule has 2 aliphatic heterocycles. The summed E-state index contributed by atoms with van der Waals surface area (Å²) in [7, 11) is 1.75. The van der Waals surface area contributed by atoms with Gasteiger partial charge in [0.05, 0.1) is 19.3 Å². The van der Waals surface area contributed by atoms with E-state index in [2.05, 4.69) is 24.8 Å². The predicted octanol–water partition coefficient (Wildman–Crippen LogP) is 2.22. The quantitative estimate of drug-likeness (QED) is 0.687. The van der Waals surface area contributed by atoms with Crippen LogP contribution >= 0.6 is 0 Å². The molecular weight excluding hydrogens is 214 g/mol. The van der Waals surface area contributed by atoms with Gasteiger partial charge >= 0.3 is 0 Å². The Balaban J connectivity index is 1.99. The number of nitrogens with zero attached hydrogens (tertiary/aromatic N) is 1.